The summed E-state index contributed by atoms with van der Waals surface area (Å²) in [5, 5.41) is 7.66. The average molecular weight is 372 g/mol. The largest absolute Gasteiger partial charge is 0.454 e. The van der Waals surface area contributed by atoms with Gasteiger partial charge in [0.2, 0.25) is 18.6 Å². The summed E-state index contributed by atoms with van der Waals surface area (Å²) < 4.78 is 16.0. The van der Waals surface area contributed by atoms with Gasteiger partial charge in [-0.1, -0.05) is 13.0 Å². The van der Waals surface area contributed by atoms with Gasteiger partial charge in [-0.15, -0.1) is 10.2 Å². The van der Waals surface area contributed by atoms with E-state index in [1.54, 1.807) is 4.90 Å². The second-order valence-corrected chi connectivity index (χ2v) is 6.48. The highest BCUT2D eigenvalue weighted by molar-refractivity contribution is 5.93. The fourth-order valence-electron chi connectivity index (χ4n) is 3.10. The summed E-state index contributed by atoms with van der Waals surface area (Å²) in [6.45, 7) is 3.51. The first-order valence-electron chi connectivity index (χ1n) is 8.92. The predicted octanol–water partition coefficient (Wildman–Crippen LogP) is 1.24. The molecule has 1 fully saturated rings. The maximum absolute atomic E-state index is 12.5. The van der Waals surface area contributed by atoms with Crippen molar-refractivity contribution in [2.24, 2.45) is 0 Å². The fraction of sp³-hybridized carbons (Fsp3) is 0.444. The van der Waals surface area contributed by atoms with Crippen molar-refractivity contribution in [3.05, 3.63) is 35.5 Å². The standard InChI is InChI=1S/C18H20N4O5/c1-2-3-15-19-20-17(27-15)18(24)22-7-6-21(16(23)10-22)9-12-4-5-13-14(8-12)26-11-25-13/h4-5,8H,2-3,6-7,9-11H2,1H3. The van der Waals surface area contributed by atoms with E-state index < -0.39 is 5.91 Å². The van der Waals surface area contributed by atoms with Crippen LogP contribution in [0.25, 0.3) is 0 Å². The number of nitrogens with zero attached hydrogens (tertiary/aromatic N) is 4. The number of carbonyl (C=O) groups is 2. The fourth-order valence-corrected chi connectivity index (χ4v) is 3.10. The number of benzene rings is 1. The highest BCUT2D eigenvalue weighted by Crippen LogP contribution is 2.32. The molecular formula is C18H20N4O5. The lowest BCUT2D eigenvalue weighted by Crippen LogP contribution is -2.51. The summed E-state index contributed by atoms with van der Waals surface area (Å²) in [4.78, 5) is 28.1. The molecule has 0 N–H and O–H groups in total. The van der Waals surface area contributed by atoms with Gasteiger partial charge in [0.25, 0.3) is 0 Å². The smallest absolute Gasteiger partial charge is 0.311 e. The van der Waals surface area contributed by atoms with E-state index >= 15 is 0 Å². The number of hydrogen-bond donors (Lipinski definition) is 0. The second kappa shape index (κ2) is 7.26. The number of ether oxygens (including phenoxy) is 2. The molecule has 142 valence electrons. The van der Waals surface area contributed by atoms with Crippen molar-refractivity contribution in [3.8, 4) is 11.5 Å². The molecule has 1 aromatic carbocycles. The summed E-state index contributed by atoms with van der Waals surface area (Å²) in [6, 6.07) is 5.62. The molecule has 0 saturated carbocycles. The molecule has 0 unspecified atom stereocenters. The van der Waals surface area contributed by atoms with Gasteiger partial charge in [0, 0.05) is 26.1 Å². The van der Waals surface area contributed by atoms with E-state index in [2.05, 4.69) is 10.2 Å². The number of piperazine rings is 1. The Bertz CT molecular complexity index is 865. The highest BCUT2D eigenvalue weighted by Gasteiger charge is 2.30. The van der Waals surface area contributed by atoms with E-state index in [1.165, 1.54) is 4.90 Å². The minimum Gasteiger partial charge on any atom is -0.454 e. The van der Waals surface area contributed by atoms with Crippen molar-refractivity contribution in [2.45, 2.75) is 26.3 Å². The topological polar surface area (TPSA) is 98.0 Å². The summed E-state index contributed by atoms with van der Waals surface area (Å²) in [6.07, 6.45) is 1.48. The average Bonchev–Trinajstić information content (AvgIpc) is 3.32. The number of hydrogen-bond acceptors (Lipinski definition) is 7. The third-order valence-corrected chi connectivity index (χ3v) is 4.53. The summed E-state index contributed by atoms with van der Waals surface area (Å²) >= 11 is 0. The maximum Gasteiger partial charge on any atom is 0.311 e. The van der Waals surface area contributed by atoms with Gasteiger partial charge in [0.1, 0.15) is 6.54 Å². The Morgan fingerprint density at radius 1 is 1.19 bits per heavy atom. The first-order chi connectivity index (χ1) is 13.1. The van der Waals surface area contributed by atoms with E-state index in [9.17, 15) is 9.59 Å². The van der Waals surface area contributed by atoms with Crippen molar-refractivity contribution in [1.82, 2.24) is 20.0 Å². The lowest BCUT2D eigenvalue weighted by atomic mass is 10.1. The van der Waals surface area contributed by atoms with Crippen molar-refractivity contribution >= 4 is 11.8 Å². The molecule has 2 amide bonds. The molecule has 2 aliphatic rings. The molecule has 9 heteroatoms. The van der Waals surface area contributed by atoms with Gasteiger partial charge in [0.05, 0.1) is 0 Å². The van der Waals surface area contributed by atoms with Crippen LogP contribution < -0.4 is 9.47 Å². The minimum atomic E-state index is -0.402. The number of aryl methyl sites for hydroxylation is 1. The Balaban J connectivity index is 1.37. The molecule has 2 aromatic rings. The van der Waals surface area contributed by atoms with Gasteiger partial charge in [0.15, 0.2) is 11.5 Å². The molecule has 0 atom stereocenters. The van der Waals surface area contributed by atoms with E-state index in [4.69, 9.17) is 13.9 Å². The molecule has 4 rings (SSSR count). The summed E-state index contributed by atoms with van der Waals surface area (Å²) in [5.41, 5.74) is 0.952. The molecule has 0 bridgehead atoms. The second-order valence-electron chi connectivity index (χ2n) is 6.48. The zero-order valence-corrected chi connectivity index (χ0v) is 15.0. The quantitative estimate of drug-likeness (QED) is 0.779. The molecule has 3 heterocycles. The van der Waals surface area contributed by atoms with Gasteiger partial charge >= 0.3 is 11.8 Å². The first-order valence-corrected chi connectivity index (χ1v) is 8.92. The molecule has 27 heavy (non-hydrogen) atoms. The van der Waals surface area contributed by atoms with Crippen LogP contribution in [0.3, 0.4) is 0 Å². The van der Waals surface area contributed by atoms with Crippen LogP contribution in [-0.2, 0) is 17.8 Å². The third kappa shape index (κ3) is 3.57. The molecule has 1 saturated heterocycles. The normalized spacial score (nSPS) is 16.1. The van der Waals surface area contributed by atoms with Crippen LogP contribution >= 0.6 is 0 Å². The number of amides is 2. The van der Waals surface area contributed by atoms with Crippen LogP contribution in [0.15, 0.2) is 22.6 Å². The van der Waals surface area contributed by atoms with Crippen LogP contribution in [0, 0.1) is 0 Å². The first kappa shape index (κ1) is 17.3. The zero-order valence-electron chi connectivity index (χ0n) is 15.0. The molecule has 2 aliphatic heterocycles. The number of aromatic nitrogens is 2. The minimum absolute atomic E-state index is 0.00508. The van der Waals surface area contributed by atoms with Crippen molar-refractivity contribution in [3.63, 3.8) is 0 Å². The van der Waals surface area contributed by atoms with Crippen molar-refractivity contribution < 1.29 is 23.5 Å². The van der Waals surface area contributed by atoms with Crippen LogP contribution in [0.4, 0.5) is 0 Å². The van der Waals surface area contributed by atoms with Gasteiger partial charge in [-0.05, 0) is 24.1 Å². The molecule has 9 nitrogen and oxygen atoms in total. The Hall–Kier alpha value is -3.10. The Kier molecular flexibility index (Phi) is 4.66. The Labute approximate surface area is 155 Å². The molecule has 0 radical (unpaired) electrons. The van der Waals surface area contributed by atoms with Crippen LogP contribution in [0.2, 0.25) is 0 Å². The zero-order chi connectivity index (χ0) is 18.8. The van der Waals surface area contributed by atoms with Gasteiger partial charge < -0.3 is 23.7 Å². The summed E-state index contributed by atoms with van der Waals surface area (Å²) in [5.74, 6) is 1.25. The lowest BCUT2D eigenvalue weighted by molar-refractivity contribution is -0.135. The van der Waals surface area contributed by atoms with Crippen molar-refractivity contribution in [1.29, 1.82) is 0 Å². The lowest BCUT2D eigenvalue weighted by Gasteiger charge is -2.33. The van der Waals surface area contributed by atoms with Crippen LogP contribution in [0.1, 0.15) is 35.5 Å². The number of carbonyl (C=O) groups excluding carboxylic acids is 2. The Morgan fingerprint density at radius 2 is 2.04 bits per heavy atom. The van der Waals surface area contributed by atoms with Gasteiger partial charge in [-0.25, -0.2) is 0 Å². The number of fused-ring (bicyclic) bond motifs is 1. The molecular weight excluding hydrogens is 352 g/mol. The van der Waals surface area contributed by atoms with Crippen molar-refractivity contribution in [2.75, 3.05) is 26.4 Å². The van der Waals surface area contributed by atoms with Crippen LogP contribution in [-0.4, -0.2) is 58.2 Å². The van der Waals surface area contributed by atoms with E-state index in [0.717, 1.165) is 12.0 Å². The monoisotopic (exact) mass is 372 g/mol. The van der Waals surface area contributed by atoms with E-state index in [1.807, 2.05) is 25.1 Å². The molecule has 0 aliphatic carbocycles. The van der Waals surface area contributed by atoms with Crippen LogP contribution in [0.5, 0.6) is 11.5 Å². The van der Waals surface area contributed by atoms with Gasteiger partial charge in [-0.2, -0.15) is 0 Å². The van der Waals surface area contributed by atoms with Gasteiger partial charge in [-0.3, -0.25) is 9.59 Å². The predicted molar refractivity (Wildman–Crippen MR) is 92.2 cm³/mol. The van der Waals surface area contributed by atoms with E-state index in [-0.39, 0.29) is 25.1 Å². The molecule has 0 spiro atoms. The van der Waals surface area contributed by atoms with E-state index in [0.29, 0.717) is 43.4 Å². The third-order valence-electron chi connectivity index (χ3n) is 4.53. The highest BCUT2D eigenvalue weighted by atomic mass is 16.7. The summed E-state index contributed by atoms with van der Waals surface area (Å²) in [7, 11) is 0. The molecule has 1 aromatic heterocycles. The maximum atomic E-state index is 12.5. The number of rotatable bonds is 5. The SMILES string of the molecule is CCCc1nnc(C(=O)N2CCN(Cc3ccc4c(c3)OCO4)C(=O)C2)o1. The Morgan fingerprint density at radius 3 is 2.85 bits per heavy atom.